The maximum atomic E-state index is 13.6. The van der Waals surface area contributed by atoms with Crippen molar-refractivity contribution in [3.8, 4) is 0 Å². The first-order valence-corrected chi connectivity index (χ1v) is 15.1. The second kappa shape index (κ2) is 12.2. The van der Waals surface area contributed by atoms with Crippen LogP contribution in [0.5, 0.6) is 0 Å². The van der Waals surface area contributed by atoms with E-state index >= 15 is 0 Å². The number of ether oxygens (including phenoxy) is 1. The van der Waals surface area contributed by atoms with Gasteiger partial charge in [0.25, 0.3) is 15.9 Å². The summed E-state index contributed by atoms with van der Waals surface area (Å²) in [5.41, 5.74) is 4.11. The lowest BCUT2D eigenvalue weighted by Gasteiger charge is -2.22. The topological polar surface area (TPSA) is 102 Å². The van der Waals surface area contributed by atoms with E-state index in [9.17, 15) is 18.0 Å². The summed E-state index contributed by atoms with van der Waals surface area (Å²) in [7, 11) is -4.07. The van der Waals surface area contributed by atoms with E-state index in [0.717, 1.165) is 16.7 Å². The minimum Gasteiger partial charge on any atom is -0.444 e. The van der Waals surface area contributed by atoms with E-state index in [4.69, 9.17) is 4.74 Å². The number of aryl methyl sites for hydroxylation is 3. The molecule has 8 heteroatoms. The van der Waals surface area contributed by atoms with Gasteiger partial charge in [-0.15, -0.1) is 0 Å². The van der Waals surface area contributed by atoms with Gasteiger partial charge in [0.1, 0.15) is 0 Å². The maximum Gasteiger partial charge on any atom is 0.341 e. The lowest BCUT2D eigenvalue weighted by atomic mass is 9.87. The lowest BCUT2D eigenvalue weighted by molar-refractivity contribution is -0.125. The van der Waals surface area contributed by atoms with Gasteiger partial charge in [0.2, 0.25) is 6.10 Å². The fourth-order valence-electron chi connectivity index (χ4n) is 4.45. The van der Waals surface area contributed by atoms with Gasteiger partial charge in [0, 0.05) is 11.3 Å². The monoisotopic (exact) mass is 584 g/mol. The smallest absolute Gasteiger partial charge is 0.341 e. The van der Waals surface area contributed by atoms with Gasteiger partial charge in [0.05, 0.1) is 16.1 Å². The average molecular weight is 585 g/mol. The molecule has 1 atom stereocenters. The molecule has 0 radical (unpaired) electrons. The molecule has 2 N–H and O–H groups in total. The number of carbonyl (C=O) groups is 2. The second-order valence-corrected chi connectivity index (χ2v) is 13.0. The molecule has 0 saturated carbocycles. The third kappa shape index (κ3) is 7.06. The van der Waals surface area contributed by atoms with Crippen molar-refractivity contribution in [1.29, 1.82) is 0 Å². The summed E-state index contributed by atoms with van der Waals surface area (Å²) in [6.45, 7) is 11.5. The Hall–Kier alpha value is -4.43. The Kier molecular flexibility index (Phi) is 8.87. The number of benzene rings is 4. The summed E-state index contributed by atoms with van der Waals surface area (Å²) in [6.07, 6.45) is -1.28. The van der Waals surface area contributed by atoms with Crippen LogP contribution < -0.4 is 10.0 Å². The Bertz CT molecular complexity index is 1720. The molecule has 7 nitrogen and oxygen atoms in total. The van der Waals surface area contributed by atoms with Crippen LogP contribution in [0.4, 0.5) is 11.4 Å². The molecule has 1 unspecified atom stereocenters. The number of hydrogen-bond donors (Lipinski definition) is 2. The first-order valence-electron chi connectivity index (χ1n) is 13.6. The van der Waals surface area contributed by atoms with E-state index in [1.807, 2.05) is 58.9 Å². The molecule has 0 heterocycles. The number of sulfonamides is 1. The third-order valence-corrected chi connectivity index (χ3v) is 8.46. The van der Waals surface area contributed by atoms with E-state index in [0.29, 0.717) is 16.8 Å². The van der Waals surface area contributed by atoms with Gasteiger partial charge in [0.15, 0.2) is 0 Å². The zero-order chi connectivity index (χ0) is 30.7. The Morgan fingerprint density at radius 1 is 0.762 bits per heavy atom. The molecule has 0 aromatic heterocycles. The van der Waals surface area contributed by atoms with Crippen molar-refractivity contribution >= 4 is 33.3 Å². The van der Waals surface area contributed by atoms with Crippen LogP contribution in [0.1, 0.15) is 65.1 Å². The molecule has 0 fully saturated rings. The fourth-order valence-corrected chi connectivity index (χ4v) is 5.80. The van der Waals surface area contributed by atoms with Crippen LogP contribution in [-0.2, 0) is 25.0 Å². The average Bonchev–Trinajstić information content (AvgIpc) is 2.93. The molecule has 0 aliphatic rings. The van der Waals surface area contributed by atoms with E-state index in [-0.39, 0.29) is 21.6 Å². The minimum atomic E-state index is -4.07. The Labute approximate surface area is 248 Å². The highest BCUT2D eigenvalue weighted by atomic mass is 32.2. The number of esters is 1. The van der Waals surface area contributed by atoms with Crippen molar-refractivity contribution in [3.63, 3.8) is 0 Å². The van der Waals surface area contributed by atoms with Gasteiger partial charge in [-0.1, -0.05) is 87.5 Å². The number of carbonyl (C=O) groups excluding carboxylic acids is 2. The summed E-state index contributed by atoms with van der Waals surface area (Å²) in [4.78, 5) is 27.2. The second-order valence-electron chi connectivity index (χ2n) is 11.4. The van der Waals surface area contributed by atoms with Gasteiger partial charge in [-0.05, 0) is 72.7 Å². The normalized spacial score (nSPS) is 12.3. The zero-order valence-electron chi connectivity index (χ0n) is 24.7. The molecule has 0 spiro atoms. The van der Waals surface area contributed by atoms with Gasteiger partial charge < -0.3 is 10.1 Å². The van der Waals surface area contributed by atoms with E-state index in [1.165, 1.54) is 12.1 Å². The highest BCUT2D eigenvalue weighted by Gasteiger charge is 2.29. The number of anilines is 2. The summed E-state index contributed by atoms with van der Waals surface area (Å²) < 4.78 is 35.5. The maximum absolute atomic E-state index is 13.6. The summed E-state index contributed by atoms with van der Waals surface area (Å²) in [6, 6.07) is 25.9. The first kappa shape index (κ1) is 30.5. The number of para-hydroxylation sites is 1. The molecule has 0 bridgehead atoms. The van der Waals surface area contributed by atoms with Gasteiger partial charge in [-0.3, -0.25) is 9.52 Å². The van der Waals surface area contributed by atoms with Crippen molar-refractivity contribution in [2.24, 2.45) is 0 Å². The Morgan fingerprint density at radius 2 is 1.40 bits per heavy atom. The van der Waals surface area contributed by atoms with Crippen molar-refractivity contribution in [1.82, 2.24) is 0 Å². The van der Waals surface area contributed by atoms with Crippen LogP contribution in [0.2, 0.25) is 0 Å². The van der Waals surface area contributed by atoms with Crippen molar-refractivity contribution in [2.45, 2.75) is 58.0 Å². The first-order chi connectivity index (χ1) is 19.8. The summed E-state index contributed by atoms with van der Waals surface area (Å²) in [5.74, 6) is -1.38. The number of hydrogen-bond acceptors (Lipinski definition) is 5. The van der Waals surface area contributed by atoms with Gasteiger partial charge >= 0.3 is 5.97 Å². The number of amides is 1. The highest BCUT2D eigenvalue weighted by molar-refractivity contribution is 7.92. The van der Waals surface area contributed by atoms with Crippen LogP contribution in [0, 0.1) is 20.8 Å². The molecule has 4 rings (SSSR count). The van der Waals surface area contributed by atoms with Crippen LogP contribution in [0.15, 0.2) is 95.9 Å². The highest BCUT2D eigenvalue weighted by Crippen LogP contribution is 2.30. The van der Waals surface area contributed by atoms with Crippen molar-refractivity contribution < 1.29 is 22.7 Å². The van der Waals surface area contributed by atoms with E-state index < -0.39 is 28.0 Å². The predicted octanol–water partition coefficient (Wildman–Crippen LogP) is 7.25. The minimum absolute atomic E-state index is 0.0221. The molecule has 0 aliphatic heterocycles. The van der Waals surface area contributed by atoms with Gasteiger partial charge in [-0.25, -0.2) is 13.2 Å². The molecule has 0 aliphatic carbocycles. The Morgan fingerprint density at radius 3 is 2.10 bits per heavy atom. The lowest BCUT2D eigenvalue weighted by Crippen LogP contribution is -2.27. The predicted molar refractivity (Wildman–Crippen MR) is 166 cm³/mol. The number of nitrogens with one attached hydrogen (secondary N) is 2. The molecular weight excluding hydrogens is 548 g/mol. The standard InChI is InChI=1S/C34H36N2O5S/c1-22-16-17-23(2)29(20-22)35-32(37)31(25-12-8-7-9-13-25)41-33(38)27-14-10-11-15-28(27)36-42(39,40)30-21-26(34(4,5)6)19-18-24(30)3/h7-21,31,36H,1-6H3,(H,35,37). The van der Waals surface area contributed by atoms with Gasteiger partial charge in [-0.2, -0.15) is 0 Å². The van der Waals surface area contributed by atoms with E-state index in [2.05, 4.69) is 10.0 Å². The fraction of sp³-hybridized carbons (Fsp3) is 0.235. The molecule has 4 aromatic carbocycles. The third-order valence-electron chi connectivity index (χ3n) is 6.95. The summed E-state index contributed by atoms with van der Waals surface area (Å²) >= 11 is 0. The molecule has 0 saturated heterocycles. The van der Waals surface area contributed by atoms with Crippen molar-refractivity contribution in [3.05, 3.63) is 124 Å². The molecule has 1 amide bonds. The SMILES string of the molecule is Cc1ccc(C)c(NC(=O)C(OC(=O)c2ccccc2NS(=O)(=O)c2cc(C(C)(C)C)ccc2C)c2ccccc2)c1. The summed E-state index contributed by atoms with van der Waals surface area (Å²) in [5, 5.41) is 2.88. The zero-order valence-corrected chi connectivity index (χ0v) is 25.5. The van der Waals surface area contributed by atoms with Crippen LogP contribution >= 0.6 is 0 Å². The van der Waals surface area contributed by atoms with Crippen LogP contribution in [0.25, 0.3) is 0 Å². The number of rotatable bonds is 8. The largest absolute Gasteiger partial charge is 0.444 e. The Balaban J connectivity index is 1.65. The van der Waals surface area contributed by atoms with Crippen LogP contribution in [0.3, 0.4) is 0 Å². The molecule has 42 heavy (non-hydrogen) atoms. The van der Waals surface area contributed by atoms with E-state index in [1.54, 1.807) is 61.5 Å². The molecule has 218 valence electrons. The van der Waals surface area contributed by atoms with Crippen LogP contribution in [-0.4, -0.2) is 20.3 Å². The van der Waals surface area contributed by atoms with Crippen molar-refractivity contribution in [2.75, 3.05) is 10.0 Å². The molecule has 4 aromatic rings. The quantitative estimate of drug-likeness (QED) is 0.213. The molecular formula is C34H36N2O5S.